The Bertz CT molecular complexity index is 1270. The van der Waals surface area contributed by atoms with Gasteiger partial charge in [-0.15, -0.1) is 0 Å². The van der Waals surface area contributed by atoms with Crippen molar-refractivity contribution < 1.29 is 19.4 Å². The van der Waals surface area contributed by atoms with Crippen molar-refractivity contribution in [3.63, 3.8) is 0 Å². The Balaban J connectivity index is 1.73. The van der Waals surface area contributed by atoms with Crippen LogP contribution in [-0.2, 0) is 9.53 Å². The first kappa shape index (κ1) is 22.1. The summed E-state index contributed by atoms with van der Waals surface area (Å²) in [6.45, 7) is 2.42. The summed E-state index contributed by atoms with van der Waals surface area (Å²) in [5, 5.41) is 10.5. The predicted molar refractivity (Wildman–Crippen MR) is 121 cm³/mol. The quantitative estimate of drug-likeness (QED) is 0.488. The number of esters is 1. The first-order valence-corrected chi connectivity index (χ1v) is 10.5. The lowest BCUT2D eigenvalue weighted by Gasteiger charge is -2.13. The smallest absolute Gasteiger partial charge is 0.356 e. The number of likely N-dealkylation sites (N-methyl/N-ethyl adjacent to an activating group) is 1. The van der Waals surface area contributed by atoms with Crippen molar-refractivity contribution in [2.24, 2.45) is 0 Å². The zero-order valence-electron chi connectivity index (χ0n) is 18.3. The van der Waals surface area contributed by atoms with Crippen molar-refractivity contribution in [3.8, 4) is 34.4 Å². The van der Waals surface area contributed by atoms with Gasteiger partial charge < -0.3 is 14.7 Å². The SMILES string of the molecule is CCOC(=O)c1cc(-c2cnccn2)cc(-c2cccc(C#CC3(O)CCN(C)C3=O)c2)n1. The molecule has 3 aromatic rings. The number of carbonyl (C=O) groups is 2. The maximum atomic E-state index is 12.4. The molecule has 3 heterocycles. The van der Waals surface area contributed by atoms with Gasteiger partial charge in [0.25, 0.3) is 5.91 Å². The average Bonchev–Trinajstić information content (AvgIpc) is 3.11. The number of aliphatic hydroxyl groups is 1. The number of hydrogen-bond donors (Lipinski definition) is 1. The third-order valence-corrected chi connectivity index (χ3v) is 5.25. The van der Waals surface area contributed by atoms with E-state index in [-0.39, 0.29) is 18.7 Å². The normalized spacial score (nSPS) is 17.4. The monoisotopic (exact) mass is 442 g/mol. The molecule has 1 unspecified atom stereocenters. The fourth-order valence-corrected chi connectivity index (χ4v) is 3.49. The molecule has 0 radical (unpaired) electrons. The first-order chi connectivity index (χ1) is 15.9. The van der Waals surface area contributed by atoms with E-state index in [2.05, 4.69) is 26.8 Å². The zero-order valence-corrected chi connectivity index (χ0v) is 18.3. The van der Waals surface area contributed by atoms with Crippen molar-refractivity contribution in [1.82, 2.24) is 19.9 Å². The van der Waals surface area contributed by atoms with E-state index in [1.807, 2.05) is 12.1 Å². The second kappa shape index (κ2) is 9.18. The number of benzene rings is 1. The zero-order chi connectivity index (χ0) is 23.4. The van der Waals surface area contributed by atoms with E-state index in [4.69, 9.17) is 4.74 Å². The topological polar surface area (TPSA) is 106 Å². The van der Waals surface area contributed by atoms with Gasteiger partial charge in [-0.1, -0.05) is 24.0 Å². The van der Waals surface area contributed by atoms with Crippen LogP contribution in [-0.4, -0.2) is 62.6 Å². The van der Waals surface area contributed by atoms with E-state index in [0.717, 1.165) is 0 Å². The minimum Gasteiger partial charge on any atom is -0.461 e. The van der Waals surface area contributed by atoms with Crippen LogP contribution < -0.4 is 0 Å². The number of carbonyl (C=O) groups excluding carboxylic acids is 2. The molecule has 1 N–H and O–H groups in total. The van der Waals surface area contributed by atoms with Crippen LogP contribution >= 0.6 is 0 Å². The second-order valence-corrected chi connectivity index (χ2v) is 7.61. The van der Waals surface area contributed by atoms with E-state index in [1.165, 1.54) is 4.90 Å². The molecule has 4 rings (SSSR count). The number of amides is 1. The molecule has 2 aromatic heterocycles. The molecule has 1 fully saturated rings. The van der Waals surface area contributed by atoms with Crippen LogP contribution in [0, 0.1) is 11.8 Å². The molecular formula is C25H22N4O4. The van der Waals surface area contributed by atoms with Gasteiger partial charge in [-0.25, -0.2) is 9.78 Å². The van der Waals surface area contributed by atoms with Gasteiger partial charge in [0.2, 0.25) is 5.60 Å². The Morgan fingerprint density at radius 2 is 2.06 bits per heavy atom. The van der Waals surface area contributed by atoms with E-state index in [0.29, 0.717) is 34.6 Å². The fourth-order valence-electron chi connectivity index (χ4n) is 3.49. The van der Waals surface area contributed by atoms with Gasteiger partial charge in [-0.05, 0) is 31.2 Å². The Kier molecular flexibility index (Phi) is 6.16. The second-order valence-electron chi connectivity index (χ2n) is 7.61. The summed E-state index contributed by atoms with van der Waals surface area (Å²) < 4.78 is 5.14. The number of rotatable bonds is 4. The number of nitrogens with zero attached hydrogens (tertiary/aromatic N) is 4. The van der Waals surface area contributed by atoms with Crippen LogP contribution in [0.25, 0.3) is 22.5 Å². The lowest BCUT2D eigenvalue weighted by Crippen LogP contribution is -2.37. The summed E-state index contributed by atoms with van der Waals surface area (Å²) in [6.07, 6.45) is 5.01. The summed E-state index contributed by atoms with van der Waals surface area (Å²) in [6, 6.07) is 10.6. The molecule has 0 spiro atoms. The summed E-state index contributed by atoms with van der Waals surface area (Å²) in [7, 11) is 1.64. The number of pyridine rings is 1. The van der Waals surface area contributed by atoms with E-state index < -0.39 is 17.5 Å². The number of likely N-dealkylation sites (tertiary alicyclic amines) is 1. The van der Waals surface area contributed by atoms with Crippen LogP contribution in [0.4, 0.5) is 0 Å². The molecule has 0 saturated carbocycles. The highest BCUT2D eigenvalue weighted by molar-refractivity contribution is 5.91. The van der Waals surface area contributed by atoms with Gasteiger partial charge in [0, 0.05) is 49.1 Å². The molecule has 1 aliphatic heterocycles. The van der Waals surface area contributed by atoms with Crippen molar-refractivity contribution >= 4 is 11.9 Å². The molecule has 1 aliphatic rings. The summed E-state index contributed by atoms with van der Waals surface area (Å²) >= 11 is 0. The van der Waals surface area contributed by atoms with Crippen molar-refractivity contribution in [2.75, 3.05) is 20.2 Å². The van der Waals surface area contributed by atoms with E-state index >= 15 is 0 Å². The first-order valence-electron chi connectivity index (χ1n) is 10.5. The molecule has 1 saturated heterocycles. The molecular weight excluding hydrogens is 420 g/mol. The predicted octanol–water partition coefficient (Wildman–Crippen LogP) is 2.33. The lowest BCUT2D eigenvalue weighted by molar-refractivity contribution is -0.137. The fraction of sp³-hybridized carbons (Fsp3) is 0.240. The molecule has 166 valence electrons. The van der Waals surface area contributed by atoms with Crippen LogP contribution in [0.3, 0.4) is 0 Å². The lowest BCUT2D eigenvalue weighted by atomic mass is 10.0. The maximum absolute atomic E-state index is 12.4. The van der Waals surface area contributed by atoms with E-state index in [1.54, 1.807) is 56.8 Å². The van der Waals surface area contributed by atoms with Crippen molar-refractivity contribution in [3.05, 3.63) is 66.2 Å². The highest BCUT2D eigenvalue weighted by Gasteiger charge is 2.42. The van der Waals surface area contributed by atoms with Crippen LogP contribution in [0.2, 0.25) is 0 Å². The summed E-state index contributed by atoms with van der Waals surface area (Å²) in [5.41, 5.74) is 1.58. The minimum atomic E-state index is -1.67. The summed E-state index contributed by atoms with van der Waals surface area (Å²) in [5.74, 6) is 4.69. The number of ether oxygens (including phenoxy) is 1. The third kappa shape index (κ3) is 4.73. The van der Waals surface area contributed by atoms with E-state index in [9.17, 15) is 14.7 Å². The molecule has 1 aromatic carbocycles. The number of hydrogen-bond acceptors (Lipinski definition) is 7. The van der Waals surface area contributed by atoms with Crippen LogP contribution in [0.1, 0.15) is 29.4 Å². The largest absolute Gasteiger partial charge is 0.461 e. The number of aromatic nitrogens is 3. The van der Waals surface area contributed by atoms with Gasteiger partial charge in [0.05, 0.1) is 24.2 Å². The molecule has 8 nitrogen and oxygen atoms in total. The highest BCUT2D eigenvalue weighted by Crippen LogP contribution is 2.26. The Morgan fingerprint density at radius 1 is 1.21 bits per heavy atom. The molecule has 0 aliphatic carbocycles. The molecule has 0 bridgehead atoms. The van der Waals surface area contributed by atoms with Gasteiger partial charge in [0.1, 0.15) is 5.69 Å². The highest BCUT2D eigenvalue weighted by atomic mass is 16.5. The van der Waals surface area contributed by atoms with Gasteiger partial charge >= 0.3 is 5.97 Å². The molecule has 1 atom stereocenters. The van der Waals surface area contributed by atoms with Crippen LogP contribution in [0.5, 0.6) is 0 Å². The average molecular weight is 442 g/mol. The standard InChI is InChI=1S/C25H22N4O4/c1-3-33-23(30)21-15-19(22-16-26-10-11-27-22)14-20(28-21)18-6-4-5-17(13-18)7-8-25(32)9-12-29(2)24(25)31/h4-6,10-11,13-16,32H,3,9,12H2,1-2H3. The Morgan fingerprint density at radius 3 is 2.76 bits per heavy atom. The molecule has 33 heavy (non-hydrogen) atoms. The minimum absolute atomic E-state index is 0.153. The van der Waals surface area contributed by atoms with Gasteiger partial charge in [-0.3, -0.25) is 14.8 Å². The van der Waals surface area contributed by atoms with Gasteiger partial charge in [0.15, 0.2) is 0 Å². The van der Waals surface area contributed by atoms with Crippen molar-refractivity contribution in [1.29, 1.82) is 0 Å². The maximum Gasteiger partial charge on any atom is 0.356 e. The third-order valence-electron chi connectivity index (χ3n) is 5.25. The van der Waals surface area contributed by atoms with Gasteiger partial charge in [-0.2, -0.15) is 0 Å². The summed E-state index contributed by atoms with van der Waals surface area (Å²) in [4.78, 5) is 38.9. The van der Waals surface area contributed by atoms with Crippen LogP contribution in [0.15, 0.2) is 55.0 Å². The Hall–Kier alpha value is -4.09. The molecule has 1 amide bonds. The van der Waals surface area contributed by atoms with Crippen molar-refractivity contribution in [2.45, 2.75) is 18.9 Å². The molecule has 8 heteroatoms. The Labute approximate surface area is 191 Å².